The Morgan fingerprint density at radius 3 is 2.22 bits per heavy atom. The van der Waals surface area contributed by atoms with E-state index in [4.69, 9.17) is 14.2 Å². The molecule has 0 radical (unpaired) electrons. The van der Waals surface area contributed by atoms with Crippen LogP contribution in [0.25, 0.3) is 0 Å². The van der Waals surface area contributed by atoms with Crippen LogP contribution in [0.1, 0.15) is 18.4 Å². The van der Waals surface area contributed by atoms with Gasteiger partial charge in [0.2, 0.25) is 0 Å². The van der Waals surface area contributed by atoms with Gasteiger partial charge in [0.25, 0.3) is 0 Å². The van der Waals surface area contributed by atoms with Crippen molar-refractivity contribution in [1.82, 2.24) is 0 Å². The molecule has 3 heteroatoms. The average Bonchev–Trinajstić information content (AvgIpc) is 2.60. The van der Waals surface area contributed by atoms with Crippen LogP contribution in [0.15, 0.2) is 61.2 Å². The number of para-hydroxylation sites is 1. The molecule has 23 heavy (non-hydrogen) atoms. The molecule has 0 aliphatic heterocycles. The van der Waals surface area contributed by atoms with Gasteiger partial charge in [0.15, 0.2) is 0 Å². The second-order valence-corrected chi connectivity index (χ2v) is 5.18. The number of unbranched alkanes of at least 4 members (excludes halogenated alkanes) is 1. The Labute approximate surface area is 138 Å². The molecule has 0 bridgehead atoms. The van der Waals surface area contributed by atoms with Crippen LogP contribution in [-0.4, -0.2) is 20.3 Å². The Morgan fingerprint density at radius 2 is 1.52 bits per heavy atom. The minimum atomic E-state index is 0.685. The lowest BCUT2D eigenvalue weighted by Gasteiger charge is -2.11. The largest absolute Gasteiger partial charge is 0.497 e. The van der Waals surface area contributed by atoms with E-state index in [-0.39, 0.29) is 0 Å². The molecular weight excluding hydrogens is 288 g/mol. The van der Waals surface area contributed by atoms with Crippen molar-refractivity contribution in [3.05, 3.63) is 66.7 Å². The zero-order valence-electron chi connectivity index (χ0n) is 13.7. The van der Waals surface area contributed by atoms with Gasteiger partial charge in [-0.05, 0) is 55.2 Å². The zero-order chi connectivity index (χ0) is 16.3. The molecule has 0 fully saturated rings. The molecule has 2 rings (SSSR count). The number of hydrogen-bond acceptors (Lipinski definition) is 3. The first kappa shape index (κ1) is 16.9. The number of ether oxygens (including phenoxy) is 3. The summed E-state index contributed by atoms with van der Waals surface area (Å²) in [7, 11) is 1.66. The molecule has 0 aliphatic rings. The first-order valence-electron chi connectivity index (χ1n) is 7.92. The van der Waals surface area contributed by atoms with E-state index in [1.54, 1.807) is 7.11 Å². The van der Waals surface area contributed by atoms with Crippen molar-refractivity contribution in [3.63, 3.8) is 0 Å². The van der Waals surface area contributed by atoms with Gasteiger partial charge in [0.1, 0.15) is 17.2 Å². The number of rotatable bonds is 10. The molecular formula is C20H24O3. The normalized spacial score (nSPS) is 10.1. The Hall–Kier alpha value is -2.42. The van der Waals surface area contributed by atoms with E-state index in [1.807, 2.05) is 48.5 Å². The topological polar surface area (TPSA) is 27.7 Å². The molecule has 3 nitrogen and oxygen atoms in total. The van der Waals surface area contributed by atoms with Crippen LogP contribution >= 0.6 is 0 Å². The lowest BCUT2D eigenvalue weighted by Crippen LogP contribution is -2.03. The molecule has 0 aromatic heterocycles. The summed E-state index contributed by atoms with van der Waals surface area (Å²) in [6.45, 7) is 5.16. The van der Waals surface area contributed by atoms with Gasteiger partial charge >= 0.3 is 0 Å². The first-order chi connectivity index (χ1) is 11.3. The second kappa shape index (κ2) is 9.57. The molecule has 0 spiro atoms. The van der Waals surface area contributed by atoms with Crippen molar-refractivity contribution in [2.24, 2.45) is 0 Å². The maximum atomic E-state index is 5.85. The van der Waals surface area contributed by atoms with Crippen LogP contribution in [0.2, 0.25) is 0 Å². The van der Waals surface area contributed by atoms with Crippen LogP contribution in [0.3, 0.4) is 0 Å². The summed E-state index contributed by atoms with van der Waals surface area (Å²) in [5.74, 6) is 2.65. The van der Waals surface area contributed by atoms with E-state index in [2.05, 4.69) is 12.6 Å². The van der Waals surface area contributed by atoms with Gasteiger partial charge in [0.05, 0.1) is 20.3 Å². The Bertz CT molecular complexity index is 590. The van der Waals surface area contributed by atoms with E-state index in [1.165, 1.54) is 5.56 Å². The summed E-state index contributed by atoms with van der Waals surface area (Å²) in [6, 6.07) is 15.7. The summed E-state index contributed by atoms with van der Waals surface area (Å²) in [5.41, 5.74) is 1.18. The third-order valence-corrected chi connectivity index (χ3v) is 3.46. The fourth-order valence-electron chi connectivity index (χ4n) is 2.22. The standard InChI is InChI=1S/C20H24O3/c1-3-8-17-9-4-5-10-20(17)23-16-7-6-15-22-19-13-11-18(21-2)12-14-19/h3-5,9-14H,1,6-8,15-16H2,2H3. The van der Waals surface area contributed by atoms with Gasteiger partial charge in [-0.1, -0.05) is 24.3 Å². The predicted molar refractivity (Wildman–Crippen MR) is 93.6 cm³/mol. The summed E-state index contributed by atoms with van der Waals surface area (Å²) < 4.78 is 16.7. The molecule has 2 aromatic rings. The Kier molecular flexibility index (Phi) is 7.05. The van der Waals surface area contributed by atoms with Gasteiger partial charge in [-0.25, -0.2) is 0 Å². The minimum absolute atomic E-state index is 0.685. The second-order valence-electron chi connectivity index (χ2n) is 5.18. The maximum Gasteiger partial charge on any atom is 0.122 e. The Morgan fingerprint density at radius 1 is 0.870 bits per heavy atom. The van der Waals surface area contributed by atoms with E-state index in [9.17, 15) is 0 Å². The molecule has 0 saturated heterocycles. The van der Waals surface area contributed by atoms with Crippen LogP contribution < -0.4 is 14.2 Å². The summed E-state index contributed by atoms with van der Waals surface area (Å²) >= 11 is 0. The van der Waals surface area contributed by atoms with Crippen LogP contribution in [0, 0.1) is 0 Å². The SMILES string of the molecule is C=CCc1ccccc1OCCCCOc1ccc(OC)cc1. The van der Waals surface area contributed by atoms with Crippen molar-refractivity contribution in [1.29, 1.82) is 0 Å². The van der Waals surface area contributed by atoms with Crippen molar-refractivity contribution in [2.75, 3.05) is 20.3 Å². The average molecular weight is 312 g/mol. The fourth-order valence-corrected chi connectivity index (χ4v) is 2.22. The molecule has 122 valence electrons. The van der Waals surface area contributed by atoms with E-state index < -0.39 is 0 Å². The highest BCUT2D eigenvalue weighted by atomic mass is 16.5. The van der Waals surface area contributed by atoms with E-state index in [0.717, 1.165) is 36.5 Å². The number of benzene rings is 2. The molecule has 2 aromatic carbocycles. The number of allylic oxidation sites excluding steroid dienone is 1. The third-order valence-electron chi connectivity index (χ3n) is 3.46. The fraction of sp³-hybridized carbons (Fsp3) is 0.300. The Balaban J connectivity index is 1.65. The number of methoxy groups -OCH3 is 1. The van der Waals surface area contributed by atoms with Gasteiger partial charge in [-0.15, -0.1) is 6.58 Å². The van der Waals surface area contributed by atoms with Crippen molar-refractivity contribution >= 4 is 0 Å². The van der Waals surface area contributed by atoms with Crippen LogP contribution in [0.5, 0.6) is 17.2 Å². The molecule has 0 heterocycles. The van der Waals surface area contributed by atoms with Crippen LogP contribution in [0.4, 0.5) is 0 Å². The van der Waals surface area contributed by atoms with Gasteiger partial charge < -0.3 is 14.2 Å². The smallest absolute Gasteiger partial charge is 0.122 e. The molecule has 0 atom stereocenters. The quantitative estimate of drug-likeness (QED) is 0.471. The monoisotopic (exact) mass is 312 g/mol. The molecule has 0 N–H and O–H groups in total. The van der Waals surface area contributed by atoms with Gasteiger partial charge in [-0.2, -0.15) is 0 Å². The van der Waals surface area contributed by atoms with E-state index in [0.29, 0.717) is 13.2 Å². The molecule has 0 amide bonds. The van der Waals surface area contributed by atoms with E-state index >= 15 is 0 Å². The highest BCUT2D eigenvalue weighted by Crippen LogP contribution is 2.19. The molecule has 0 saturated carbocycles. The predicted octanol–water partition coefficient (Wildman–Crippen LogP) is 4.66. The van der Waals surface area contributed by atoms with Crippen molar-refractivity contribution in [2.45, 2.75) is 19.3 Å². The van der Waals surface area contributed by atoms with Gasteiger partial charge in [0, 0.05) is 0 Å². The third kappa shape index (κ3) is 5.70. The minimum Gasteiger partial charge on any atom is -0.497 e. The number of hydrogen-bond donors (Lipinski definition) is 0. The summed E-state index contributed by atoms with van der Waals surface area (Å²) in [5, 5.41) is 0. The lowest BCUT2D eigenvalue weighted by atomic mass is 10.1. The molecule has 0 unspecified atom stereocenters. The first-order valence-corrected chi connectivity index (χ1v) is 7.92. The van der Waals surface area contributed by atoms with Crippen molar-refractivity contribution < 1.29 is 14.2 Å². The summed E-state index contributed by atoms with van der Waals surface area (Å²) in [6.07, 6.45) is 4.63. The zero-order valence-corrected chi connectivity index (χ0v) is 13.7. The maximum absolute atomic E-state index is 5.85. The lowest BCUT2D eigenvalue weighted by molar-refractivity contribution is 0.265. The molecule has 0 aliphatic carbocycles. The van der Waals surface area contributed by atoms with Crippen LogP contribution in [-0.2, 0) is 6.42 Å². The van der Waals surface area contributed by atoms with Gasteiger partial charge in [-0.3, -0.25) is 0 Å². The highest BCUT2D eigenvalue weighted by Gasteiger charge is 2.01. The summed E-state index contributed by atoms with van der Waals surface area (Å²) in [4.78, 5) is 0. The van der Waals surface area contributed by atoms with Crippen molar-refractivity contribution in [3.8, 4) is 17.2 Å². The highest BCUT2D eigenvalue weighted by molar-refractivity contribution is 5.34.